The smallest absolute Gasteiger partial charge is 0.305 e. The lowest BCUT2D eigenvalue weighted by Crippen LogP contribution is -2.35. The van der Waals surface area contributed by atoms with E-state index in [0.717, 1.165) is 12.8 Å². The highest BCUT2D eigenvalue weighted by Crippen LogP contribution is 2.33. The number of carbonyl (C=O) groups is 3. The van der Waals surface area contributed by atoms with E-state index >= 15 is 0 Å². The zero-order valence-electron chi connectivity index (χ0n) is 12.1. The molecule has 6 heteroatoms. The molecule has 1 saturated heterocycles. The summed E-state index contributed by atoms with van der Waals surface area (Å²) in [6.45, 7) is 1.08. The zero-order chi connectivity index (χ0) is 14.7. The molecule has 1 aliphatic heterocycles. The van der Waals surface area contributed by atoms with Gasteiger partial charge in [-0.3, -0.25) is 14.4 Å². The highest BCUT2D eigenvalue weighted by Gasteiger charge is 2.42. The molecule has 6 nitrogen and oxygen atoms in total. The minimum absolute atomic E-state index is 0.00589. The van der Waals surface area contributed by atoms with Gasteiger partial charge in [-0.25, -0.2) is 0 Å². The van der Waals surface area contributed by atoms with E-state index in [9.17, 15) is 14.4 Å². The van der Waals surface area contributed by atoms with Gasteiger partial charge < -0.3 is 14.5 Å². The van der Waals surface area contributed by atoms with E-state index in [1.165, 1.54) is 7.11 Å². The van der Waals surface area contributed by atoms with E-state index in [1.54, 1.807) is 11.9 Å². The van der Waals surface area contributed by atoms with Gasteiger partial charge in [-0.05, 0) is 19.3 Å². The lowest BCUT2D eigenvalue weighted by Gasteiger charge is -2.21. The molecular weight excluding hydrogens is 260 g/mol. The van der Waals surface area contributed by atoms with Gasteiger partial charge in [0.1, 0.15) is 0 Å². The van der Waals surface area contributed by atoms with Crippen LogP contribution in [0.2, 0.25) is 0 Å². The zero-order valence-corrected chi connectivity index (χ0v) is 12.1. The lowest BCUT2D eigenvalue weighted by molar-refractivity contribution is -0.141. The van der Waals surface area contributed by atoms with Crippen LogP contribution in [0.1, 0.15) is 32.1 Å². The van der Waals surface area contributed by atoms with Gasteiger partial charge in [0.05, 0.1) is 13.0 Å². The molecule has 1 unspecified atom stereocenters. The van der Waals surface area contributed by atoms with Crippen LogP contribution in [0.3, 0.4) is 0 Å². The Bertz CT molecular complexity index is 406. The third-order valence-electron chi connectivity index (χ3n) is 3.97. The van der Waals surface area contributed by atoms with Gasteiger partial charge in [0.25, 0.3) is 0 Å². The normalized spacial score (nSPS) is 22.0. The summed E-state index contributed by atoms with van der Waals surface area (Å²) in [4.78, 5) is 38.6. The summed E-state index contributed by atoms with van der Waals surface area (Å²) in [5.41, 5.74) is 0. The fourth-order valence-electron chi connectivity index (χ4n) is 2.62. The number of amides is 2. The van der Waals surface area contributed by atoms with E-state index in [2.05, 4.69) is 4.74 Å². The Labute approximate surface area is 119 Å². The fraction of sp³-hybridized carbons (Fsp3) is 0.786. The Morgan fingerprint density at radius 2 is 2.10 bits per heavy atom. The topological polar surface area (TPSA) is 66.9 Å². The molecule has 2 fully saturated rings. The second-order valence-corrected chi connectivity index (χ2v) is 5.62. The molecule has 0 aromatic rings. The van der Waals surface area contributed by atoms with Crippen molar-refractivity contribution < 1.29 is 19.1 Å². The second-order valence-electron chi connectivity index (χ2n) is 5.62. The first-order valence-electron chi connectivity index (χ1n) is 7.14. The predicted octanol–water partition coefficient (Wildman–Crippen LogP) is 0.409. The Balaban J connectivity index is 1.76. The van der Waals surface area contributed by atoms with E-state index in [1.807, 2.05) is 4.90 Å². The average molecular weight is 282 g/mol. The summed E-state index contributed by atoms with van der Waals surface area (Å²) in [7, 11) is 3.08. The van der Waals surface area contributed by atoms with E-state index in [0.29, 0.717) is 38.4 Å². The van der Waals surface area contributed by atoms with Crippen LogP contribution in [0.25, 0.3) is 0 Å². The number of likely N-dealkylation sites (tertiary alicyclic amines) is 1. The molecule has 0 N–H and O–H groups in total. The summed E-state index contributed by atoms with van der Waals surface area (Å²) in [5, 5.41) is 0. The summed E-state index contributed by atoms with van der Waals surface area (Å²) in [6.07, 6.45) is 3.37. The van der Waals surface area contributed by atoms with Gasteiger partial charge in [-0.2, -0.15) is 0 Å². The van der Waals surface area contributed by atoms with Gasteiger partial charge in [0, 0.05) is 39.0 Å². The summed E-state index contributed by atoms with van der Waals surface area (Å²) >= 11 is 0. The molecule has 2 aliphatic rings. The standard InChI is InChI=1S/C14H22N2O4/c1-15(7-3-4-13(18)20-2)14(19)10-8-12(17)16(9-10)11-5-6-11/h10-11H,3-9H2,1-2H3. The molecule has 0 aromatic carbocycles. The number of esters is 1. The Morgan fingerprint density at radius 1 is 1.40 bits per heavy atom. The Kier molecular flexibility index (Phi) is 4.62. The molecule has 2 amide bonds. The largest absolute Gasteiger partial charge is 0.469 e. The minimum atomic E-state index is -0.262. The van der Waals surface area contributed by atoms with Crippen LogP contribution in [-0.4, -0.2) is 60.9 Å². The first-order chi connectivity index (χ1) is 9.52. The van der Waals surface area contributed by atoms with Crippen LogP contribution in [0.4, 0.5) is 0 Å². The van der Waals surface area contributed by atoms with Crippen molar-refractivity contribution >= 4 is 17.8 Å². The maximum absolute atomic E-state index is 12.3. The molecule has 0 bridgehead atoms. The molecule has 2 rings (SSSR count). The molecular formula is C14H22N2O4. The maximum Gasteiger partial charge on any atom is 0.305 e. The number of rotatable bonds is 6. The van der Waals surface area contributed by atoms with Gasteiger partial charge in [-0.15, -0.1) is 0 Å². The van der Waals surface area contributed by atoms with Crippen molar-refractivity contribution in [2.24, 2.45) is 5.92 Å². The van der Waals surface area contributed by atoms with Crippen LogP contribution >= 0.6 is 0 Å². The number of carbonyl (C=O) groups excluding carboxylic acids is 3. The minimum Gasteiger partial charge on any atom is -0.469 e. The van der Waals surface area contributed by atoms with Gasteiger partial charge in [-0.1, -0.05) is 0 Å². The molecule has 20 heavy (non-hydrogen) atoms. The van der Waals surface area contributed by atoms with Crippen LogP contribution in [-0.2, 0) is 19.1 Å². The maximum atomic E-state index is 12.3. The molecule has 0 radical (unpaired) electrons. The van der Waals surface area contributed by atoms with E-state index in [-0.39, 0.29) is 23.7 Å². The number of hydrogen-bond acceptors (Lipinski definition) is 4. The average Bonchev–Trinajstić information content (AvgIpc) is 3.20. The van der Waals surface area contributed by atoms with Crippen molar-refractivity contribution in [3.63, 3.8) is 0 Å². The summed E-state index contributed by atoms with van der Waals surface area (Å²) in [6, 6.07) is 0.380. The molecule has 0 aromatic heterocycles. The Hall–Kier alpha value is -1.59. The first-order valence-corrected chi connectivity index (χ1v) is 7.14. The van der Waals surface area contributed by atoms with Crippen LogP contribution in [0.5, 0.6) is 0 Å². The van der Waals surface area contributed by atoms with Crippen LogP contribution < -0.4 is 0 Å². The quantitative estimate of drug-likeness (QED) is 0.662. The van der Waals surface area contributed by atoms with E-state index < -0.39 is 0 Å². The monoisotopic (exact) mass is 282 g/mol. The lowest BCUT2D eigenvalue weighted by atomic mass is 10.1. The van der Waals surface area contributed by atoms with Gasteiger partial charge >= 0.3 is 5.97 Å². The third kappa shape index (κ3) is 3.49. The van der Waals surface area contributed by atoms with Crippen molar-refractivity contribution in [2.75, 3.05) is 27.2 Å². The molecule has 1 saturated carbocycles. The predicted molar refractivity (Wildman–Crippen MR) is 71.7 cm³/mol. The van der Waals surface area contributed by atoms with Crippen molar-refractivity contribution in [3.8, 4) is 0 Å². The molecule has 1 heterocycles. The van der Waals surface area contributed by atoms with Gasteiger partial charge in [0.2, 0.25) is 11.8 Å². The number of hydrogen-bond donors (Lipinski definition) is 0. The molecule has 0 spiro atoms. The van der Waals surface area contributed by atoms with Crippen molar-refractivity contribution in [2.45, 2.75) is 38.1 Å². The molecule has 112 valence electrons. The van der Waals surface area contributed by atoms with Crippen molar-refractivity contribution in [1.29, 1.82) is 0 Å². The first kappa shape index (κ1) is 14.8. The van der Waals surface area contributed by atoms with Gasteiger partial charge in [0.15, 0.2) is 0 Å². The highest BCUT2D eigenvalue weighted by molar-refractivity contribution is 5.89. The number of ether oxygens (including phenoxy) is 1. The van der Waals surface area contributed by atoms with Crippen molar-refractivity contribution in [1.82, 2.24) is 9.80 Å². The second kappa shape index (κ2) is 6.24. The van der Waals surface area contributed by atoms with Crippen LogP contribution in [0.15, 0.2) is 0 Å². The third-order valence-corrected chi connectivity index (χ3v) is 3.97. The number of methoxy groups -OCH3 is 1. The number of nitrogens with zero attached hydrogens (tertiary/aromatic N) is 2. The summed E-state index contributed by atoms with van der Waals surface area (Å²) in [5.74, 6) is -0.367. The van der Waals surface area contributed by atoms with Crippen LogP contribution in [0, 0.1) is 5.92 Å². The van der Waals surface area contributed by atoms with E-state index in [4.69, 9.17) is 0 Å². The molecule has 1 aliphatic carbocycles. The Morgan fingerprint density at radius 3 is 2.70 bits per heavy atom. The highest BCUT2D eigenvalue weighted by atomic mass is 16.5. The van der Waals surface area contributed by atoms with Crippen molar-refractivity contribution in [3.05, 3.63) is 0 Å². The fourth-order valence-corrected chi connectivity index (χ4v) is 2.62. The summed E-state index contributed by atoms with van der Waals surface area (Å²) < 4.78 is 4.56. The SMILES string of the molecule is COC(=O)CCCN(C)C(=O)C1CC(=O)N(C2CC2)C1. The molecule has 1 atom stereocenters.